The highest BCUT2D eigenvalue weighted by atomic mass is 32.1. The zero-order valence-electron chi connectivity index (χ0n) is 13.6. The molecule has 0 spiro atoms. The third-order valence-electron chi connectivity index (χ3n) is 3.27. The van der Waals surface area contributed by atoms with Gasteiger partial charge in [-0.1, -0.05) is 12.2 Å². The van der Waals surface area contributed by atoms with Crippen molar-refractivity contribution in [1.29, 1.82) is 0 Å². The van der Waals surface area contributed by atoms with Crippen molar-refractivity contribution in [2.45, 2.75) is 25.8 Å². The number of hydrogen-bond donors (Lipinski definition) is 2. The predicted octanol–water partition coefficient (Wildman–Crippen LogP) is 5.15. The van der Waals surface area contributed by atoms with Gasteiger partial charge in [-0.2, -0.15) is 26.3 Å². The van der Waals surface area contributed by atoms with Crippen LogP contribution in [0.1, 0.15) is 20.9 Å². The molecule has 3 nitrogen and oxygen atoms in total. The van der Waals surface area contributed by atoms with Crippen LogP contribution in [0.2, 0.25) is 0 Å². The van der Waals surface area contributed by atoms with Crippen LogP contribution in [-0.2, 0) is 23.7 Å². The number of hydrogen-bond acceptors (Lipinski definition) is 3. The van der Waals surface area contributed by atoms with E-state index in [2.05, 4.69) is 5.32 Å². The van der Waals surface area contributed by atoms with Crippen molar-refractivity contribution in [3.05, 3.63) is 51.2 Å². The molecule has 0 unspecified atom stereocenters. The van der Waals surface area contributed by atoms with Crippen molar-refractivity contribution in [3.8, 4) is 0 Å². The summed E-state index contributed by atoms with van der Waals surface area (Å²) in [6, 6.07) is 4.46. The first-order chi connectivity index (χ1) is 12.4. The minimum atomic E-state index is -5.00. The summed E-state index contributed by atoms with van der Waals surface area (Å²) in [7, 11) is 0. The van der Waals surface area contributed by atoms with E-state index < -0.39 is 35.1 Å². The first kappa shape index (κ1) is 21.2. The molecule has 1 aromatic carbocycles. The molecular formula is C16H12F6N2OS2. The van der Waals surface area contributed by atoms with Crippen LogP contribution in [0.15, 0.2) is 30.3 Å². The third kappa shape index (κ3) is 5.93. The van der Waals surface area contributed by atoms with Crippen LogP contribution in [0.5, 0.6) is 0 Å². The van der Waals surface area contributed by atoms with Crippen molar-refractivity contribution in [2.75, 3.05) is 5.32 Å². The lowest BCUT2D eigenvalue weighted by Gasteiger charge is -2.15. The molecule has 2 N–H and O–H groups in total. The molecule has 2 rings (SSSR count). The van der Waals surface area contributed by atoms with Gasteiger partial charge in [-0.05, 0) is 37.3 Å². The molecule has 0 aliphatic carbocycles. The van der Waals surface area contributed by atoms with Crippen LogP contribution in [0.3, 0.4) is 0 Å². The standard InChI is InChI=1S/C16H12F6N2OS2/c1-8-2-3-12(27-8)7-23-14(26)13(25)24-11-5-9(15(17,18)19)4-10(6-11)16(20,21)22/h2-6H,7H2,1H3,(H,23,26)(H,24,25). The smallest absolute Gasteiger partial charge is 0.367 e. The Kier molecular flexibility index (Phi) is 6.15. The molecule has 11 heteroatoms. The Morgan fingerprint density at radius 3 is 2.04 bits per heavy atom. The Hall–Kier alpha value is -2.14. The summed E-state index contributed by atoms with van der Waals surface area (Å²) in [4.78, 5) is 13.5. The molecular weight excluding hydrogens is 414 g/mol. The summed E-state index contributed by atoms with van der Waals surface area (Å²) < 4.78 is 77.0. The zero-order chi connectivity index (χ0) is 20.4. The average Bonchev–Trinajstić information content (AvgIpc) is 2.96. The van der Waals surface area contributed by atoms with Gasteiger partial charge in [0.15, 0.2) is 4.99 Å². The SMILES string of the molecule is Cc1ccc(CNC(=S)C(=O)Nc2cc(C(F)(F)F)cc(C(F)(F)F)c2)s1. The van der Waals surface area contributed by atoms with Gasteiger partial charge in [-0.15, -0.1) is 11.3 Å². The largest absolute Gasteiger partial charge is 0.416 e. The number of thiocarbonyl (C=S) groups is 1. The molecule has 0 aliphatic heterocycles. The number of alkyl halides is 6. The van der Waals surface area contributed by atoms with E-state index in [1.54, 1.807) is 6.07 Å². The minimum Gasteiger partial charge on any atom is -0.367 e. The van der Waals surface area contributed by atoms with Gasteiger partial charge in [0.1, 0.15) is 0 Å². The van der Waals surface area contributed by atoms with Crippen molar-refractivity contribution in [1.82, 2.24) is 5.32 Å². The lowest BCUT2D eigenvalue weighted by Crippen LogP contribution is -2.33. The molecule has 0 radical (unpaired) electrons. The van der Waals surface area contributed by atoms with Gasteiger partial charge in [0.25, 0.3) is 5.91 Å². The third-order valence-corrected chi connectivity index (χ3v) is 4.60. The van der Waals surface area contributed by atoms with Gasteiger partial charge >= 0.3 is 12.4 Å². The Labute approximate surface area is 159 Å². The second kappa shape index (κ2) is 7.85. The van der Waals surface area contributed by atoms with Crippen LogP contribution in [0, 0.1) is 6.92 Å². The Bertz CT molecular complexity index is 825. The van der Waals surface area contributed by atoms with Crippen LogP contribution in [0.25, 0.3) is 0 Å². The zero-order valence-corrected chi connectivity index (χ0v) is 15.2. The second-order valence-electron chi connectivity index (χ2n) is 5.44. The number of nitrogens with one attached hydrogen (secondary N) is 2. The van der Waals surface area contributed by atoms with E-state index in [1.807, 2.05) is 18.3 Å². The van der Waals surface area contributed by atoms with Crippen molar-refractivity contribution in [2.24, 2.45) is 0 Å². The van der Waals surface area contributed by atoms with E-state index in [0.29, 0.717) is 12.1 Å². The molecule has 2 aromatic rings. The monoisotopic (exact) mass is 426 g/mol. The number of aryl methyl sites for hydroxylation is 1. The summed E-state index contributed by atoms with van der Waals surface area (Å²) in [5, 5.41) is 4.58. The van der Waals surface area contributed by atoms with Crippen LogP contribution in [0.4, 0.5) is 32.0 Å². The molecule has 0 fully saturated rings. The van der Waals surface area contributed by atoms with E-state index in [0.717, 1.165) is 9.75 Å². The van der Waals surface area contributed by atoms with E-state index >= 15 is 0 Å². The van der Waals surface area contributed by atoms with Gasteiger partial charge < -0.3 is 10.6 Å². The van der Waals surface area contributed by atoms with Gasteiger partial charge in [-0.3, -0.25) is 4.79 Å². The lowest BCUT2D eigenvalue weighted by molar-refractivity contribution is -0.143. The van der Waals surface area contributed by atoms with Gasteiger partial charge in [0, 0.05) is 15.4 Å². The minimum absolute atomic E-state index is 0.0225. The van der Waals surface area contributed by atoms with Crippen LogP contribution in [-0.4, -0.2) is 10.9 Å². The van der Waals surface area contributed by atoms with E-state index in [9.17, 15) is 31.1 Å². The fraction of sp³-hybridized carbons (Fsp3) is 0.250. The number of halogens is 6. The molecule has 1 aromatic heterocycles. The van der Waals surface area contributed by atoms with Gasteiger partial charge in [0.2, 0.25) is 0 Å². The highest BCUT2D eigenvalue weighted by Gasteiger charge is 2.37. The molecule has 0 aliphatic rings. The maximum Gasteiger partial charge on any atom is 0.416 e. The molecule has 27 heavy (non-hydrogen) atoms. The summed E-state index contributed by atoms with van der Waals surface area (Å²) in [6.07, 6.45) is -10.0. The van der Waals surface area contributed by atoms with E-state index in [-0.39, 0.29) is 17.6 Å². The number of carbonyl (C=O) groups is 1. The number of rotatable bonds is 3. The molecule has 1 heterocycles. The summed E-state index contributed by atoms with van der Waals surface area (Å²) in [5.41, 5.74) is -3.71. The first-order valence-corrected chi connectivity index (χ1v) is 8.52. The molecule has 146 valence electrons. The molecule has 0 saturated carbocycles. The van der Waals surface area contributed by atoms with Crippen molar-refractivity contribution < 1.29 is 31.1 Å². The molecule has 0 atom stereocenters. The Morgan fingerprint density at radius 1 is 1.04 bits per heavy atom. The number of benzene rings is 1. The number of anilines is 1. The predicted molar refractivity (Wildman–Crippen MR) is 93.6 cm³/mol. The average molecular weight is 426 g/mol. The first-order valence-electron chi connectivity index (χ1n) is 7.30. The summed E-state index contributed by atoms with van der Waals surface area (Å²) in [5.74, 6) is -1.01. The number of amides is 1. The molecule has 1 amide bonds. The highest BCUT2D eigenvalue weighted by molar-refractivity contribution is 7.82. The Balaban J connectivity index is 2.14. The fourth-order valence-electron chi connectivity index (χ4n) is 2.04. The normalized spacial score (nSPS) is 12.0. The van der Waals surface area contributed by atoms with Gasteiger partial charge in [0.05, 0.1) is 17.7 Å². The van der Waals surface area contributed by atoms with E-state index in [1.165, 1.54) is 11.3 Å². The fourth-order valence-corrected chi connectivity index (χ4v) is 3.00. The second-order valence-corrected chi connectivity index (χ2v) is 7.22. The quantitative estimate of drug-likeness (QED) is 0.527. The van der Waals surface area contributed by atoms with Crippen molar-refractivity contribution in [3.63, 3.8) is 0 Å². The summed E-state index contributed by atoms with van der Waals surface area (Å²) in [6.45, 7) is 2.09. The van der Waals surface area contributed by atoms with E-state index in [4.69, 9.17) is 12.2 Å². The number of thiophene rings is 1. The highest BCUT2D eigenvalue weighted by Crippen LogP contribution is 2.37. The van der Waals surface area contributed by atoms with Crippen LogP contribution >= 0.6 is 23.6 Å². The van der Waals surface area contributed by atoms with Gasteiger partial charge in [-0.25, -0.2) is 0 Å². The lowest BCUT2D eigenvalue weighted by atomic mass is 10.1. The maximum absolute atomic E-state index is 12.8. The number of carbonyl (C=O) groups excluding carboxylic acids is 1. The molecule has 0 saturated heterocycles. The van der Waals surface area contributed by atoms with Crippen molar-refractivity contribution >= 4 is 40.1 Å². The maximum atomic E-state index is 12.8. The topological polar surface area (TPSA) is 41.1 Å². The molecule has 0 bridgehead atoms. The van der Waals surface area contributed by atoms with Crippen LogP contribution < -0.4 is 10.6 Å². The summed E-state index contributed by atoms with van der Waals surface area (Å²) >= 11 is 6.28. The Morgan fingerprint density at radius 2 is 1.59 bits per heavy atom.